The molecule has 80 valence electrons. The number of benzene rings is 1. The molecule has 0 aliphatic carbocycles. The van der Waals surface area contributed by atoms with Crippen LogP contribution < -0.4 is 0 Å². The Morgan fingerprint density at radius 3 is 2.73 bits per heavy atom. The van der Waals surface area contributed by atoms with Crippen LogP contribution in [-0.2, 0) is 16.1 Å². The van der Waals surface area contributed by atoms with Crippen molar-refractivity contribution in [2.24, 2.45) is 0 Å². The van der Waals surface area contributed by atoms with Gasteiger partial charge >= 0.3 is 5.97 Å². The number of nitrogens with zero attached hydrogens (tertiary/aromatic N) is 1. The number of carbonyl (C=O) groups is 1. The van der Waals surface area contributed by atoms with Crippen molar-refractivity contribution in [3.8, 4) is 0 Å². The maximum Gasteiger partial charge on any atom is 0.305 e. The lowest BCUT2D eigenvalue weighted by atomic mass is 10.2. The fraction of sp³-hybridized carbons (Fsp3) is 0.300. The van der Waals surface area contributed by atoms with E-state index in [0.717, 1.165) is 0 Å². The Hall–Kier alpha value is -1.91. The highest BCUT2D eigenvalue weighted by Gasteiger charge is 2.13. The number of hydrogen-bond acceptors (Lipinski definition) is 4. The van der Waals surface area contributed by atoms with Crippen LogP contribution in [0.15, 0.2) is 24.3 Å². The Kier molecular flexibility index (Phi) is 3.79. The number of nitro benzene ring substituents is 1. The first-order valence-corrected chi connectivity index (χ1v) is 4.53. The highest BCUT2D eigenvalue weighted by atomic mass is 16.6. The van der Waals surface area contributed by atoms with Crippen molar-refractivity contribution >= 4 is 11.7 Å². The number of rotatable bonds is 4. The first kappa shape index (κ1) is 11.2. The van der Waals surface area contributed by atoms with Crippen LogP contribution in [0.2, 0.25) is 0 Å². The van der Waals surface area contributed by atoms with Crippen LogP contribution in [0.1, 0.15) is 18.9 Å². The molecule has 0 spiro atoms. The molecule has 0 N–H and O–H groups in total. The summed E-state index contributed by atoms with van der Waals surface area (Å²) in [6, 6.07) is 6.20. The van der Waals surface area contributed by atoms with Gasteiger partial charge in [0.2, 0.25) is 0 Å². The molecule has 0 atom stereocenters. The second kappa shape index (κ2) is 5.09. The minimum atomic E-state index is -0.491. The average Bonchev–Trinajstić information content (AvgIpc) is 2.26. The molecule has 1 rings (SSSR count). The molecular weight excluding hydrogens is 198 g/mol. The number of carbonyl (C=O) groups excluding carboxylic acids is 1. The van der Waals surface area contributed by atoms with Crippen LogP contribution in [0, 0.1) is 10.1 Å². The SMILES string of the molecule is CCC(=O)OCc1ccccc1[N+](=O)[O-]. The lowest BCUT2D eigenvalue weighted by Gasteiger charge is -2.03. The van der Waals surface area contributed by atoms with Gasteiger partial charge in [-0.25, -0.2) is 0 Å². The second-order valence-electron chi connectivity index (χ2n) is 2.90. The third kappa shape index (κ3) is 3.05. The molecule has 0 fully saturated rings. The fourth-order valence-corrected chi connectivity index (χ4v) is 1.07. The molecule has 15 heavy (non-hydrogen) atoms. The first-order valence-electron chi connectivity index (χ1n) is 4.53. The maximum atomic E-state index is 10.9. The van der Waals surface area contributed by atoms with Gasteiger partial charge in [-0.15, -0.1) is 0 Å². The standard InChI is InChI=1S/C10H11NO4/c1-2-10(12)15-7-8-5-3-4-6-9(8)11(13)14/h3-6H,2,7H2,1H3. The molecule has 5 nitrogen and oxygen atoms in total. The monoisotopic (exact) mass is 209 g/mol. The minimum absolute atomic E-state index is 0.0265. The van der Waals surface area contributed by atoms with E-state index in [-0.39, 0.29) is 24.7 Å². The van der Waals surface area contributed by atoms with Crippen LogP contribution >= 0.6 is 0 Å². The summed E-state index contributed by atoms with van der Waals surface area (Å²) in [5.74, 6) is -0.367. The van der Waals surface area contributed by atoms with Gasteiger partial charge in [-0.1, -0.05) is 19.1 Å². The third-order valence-corrected chi connectivity index (χ3v) is 1.87. The third-order valence-electron chi connectivity index (χ3n) is 1.87. The first-order chi connectivity index (χ1) is 7.15. The maximum absolute atomic E-state index is 10.9. The summed E-state index contributed by atoms with van der Waals surface area (Å²) in [4.78, 5) is 21.0. The van der Waals surface area contributed by atoms with E-state index < -0.39 is 4.92 Å². The zero-order valence-electron chi connectivity index (χ0n) is 8.30. The van der Waals surface area contributed by atoms with Crippen LogP contribution in [0.4, 0.5) is 5.69 Å². The molecule has 5 heteroatoms. The van der Waals surface area contributed by atoms with E-state index in [1.54, 1.807) is 25.1 Å². The Morgan fingerprint density at radius 2 is 2.13 bits per heavy atom. The van der Waals surface area contributed by atoms with Gasteiger partial charge in [0.25, 0.3) is 5.69 Å². The van der Waals surface area contributed by atoms with Crippen molar-refractivity contribution in [3.05, 3.63) is 39.9 Å². The quantitative estimate of drug-likeness (QED) is 0.432. The van der Waals surface area contributed by atoms with E-state index in [9.17, 15) is 14.9 Å². The number of ether oxygens (including phenoxy) is 1. The summed E-state index contributed by atoms with van der Waals surface area (Å²) in [5, 5.41) is 10.6. The highest BCUT2D eigenvalue weighted by Crippen LogP contribution is 2.18. The van der Waals surface area contributed by atoms with Crippen molar-refractivity contribution in [2.75, 3.05) is 0 Å². The Balaban J connectivity index is 2.76. The lowest BCUT2D eigenvalue weighted by Crippen LogP contribution is -2.04. The molecule has 0 heterocycles. The van der Waals surface area contributed by atoms with Crippen molar-refractivity contribution in [3.63, 3.8) is 0 Å². The Bertz CT molecular complexity index is 375. The van der Waals surface area contributed by atoms with Crippen molar-refractivity contribution < 1.29 is 14.5 Å². The minimum Gasteiger partial charge on any atom is -0.461 e. The Morgan fingerprint density at radius 1 is 1.47 bits per heavy atom. The molecule has 0 bridgehead atoms. The van der Waals surface area contributed by atoms with E-state index >= 15 is 0 Å². The molecule has 0 aromatic heterocycles. The van der Waals surface area contributed by atoms with Crippen LogP contribution in [0.3, 0.4) is 0 Å². The summed E-state index contributed by atoms with van der Waals surface area (Å²) in [7, 11) is 0. The molecule has 0 saturated carbocycles. The van der Waals surface area contributed by atoms with E-state index in [4.69, 9.17) is 4.74 Å². The summed E-state index contributed by atoms with van der Waals surface area (Å²) in [6.07, 6.45) is 0.265. The van der Waals surface area contributed by atoms with Crippen LogP contribution in [-0.4, -0.2) is 10.9 Å². The van der Waals surface area contributed by atoms with E-state index in [2.05, 4.69) is 0 Å². The summed E-state index contributed by atoms with van der Waals surface area (Å²) in [6.45, 7) is 1.62. The molecule has 0 radical (unpaired) electrons. The molecular formula is C10H11NO4. The number of hydrogen-bond donors (Lipinski definition) is 0. The number of para-hydroxylation sites is 1. The molecule has 1 aromatic rings. The van der Waals surface area contributed by atoms with Gasteiger partial charge in [0, 0.05) is 12.5 Å². The van der Waals surface area contributed by atoms with Crippen molar-refractivity contribution in [1.82, 2.24) is 0 Å². The van der Waals surface area contributed by atoms with Gasteiger partial charge in [0.15, 0.2) is 0 Å². The largest absolute Gasteiger partial charge is 0.461 e. The topological polar surface area (TPSA) is 69.4 Å². The zero-order valence-corrected chi connectivity index (χ0v) is 8.30. The van der Waals surface area contributed by atoms with Gasteiger partial charge < -0.3 is 4.74 Å². The molecule has 0 aliphatic heterocycles. The number of nitro groups is 1. The highest BCUT2D eigenvalue weighted by molar-refractivity contribution is 5.69. The fourth-order valence-electron chi connectivity index (χ4n) is 1.07. The van der Waals surface area contributed by atoms with Crippen molar-refractivity contribution in [1.29, 1.82) is 0 Å². The predicted molar refractivity (Wildman–Crippen MR) is 53.2 cm³/mol. The van der Waals surface area contributed by atoms with Gasteiger partial charge in [-0.3, -0.25) is 14.9 Å². The Labute approximate surface area is 86.8 Å². The normalized spacial score (nSPS) is 9.67. The second-order valence-corrected chi connectivity index (χ2v) is 2.90. The van der Waals surface area contributed by atoms with Crippen molar-refractivity contribution in [2.45, 2.75) is 20.0 Å². The van der Waals surface area contributed by atoms with E-state index in [1.165, 1.54) is 6.07 Å². The number of esters is 1. The smallest absolute Gasteiger partial charge is 0.305 e. The summed E-state index contributed by atoms with van der Waals surface area (Å²) >= 11 is 0. The van der Waals surface area contributed by atoms with E-state index in [1.807, 2.05) is 0 Å². The van der Waals surface area contributed by atoms with Gasteiger partial charge in [-0.05, 0) is 6.07 Å². The summed E-state index contributed by atoms with van der Waals surface area (Å²) in [5.41, 5.74) is 0.380. The van der Waals surface area contributed by atoms with Crippen LogP contribution in [0.5, 0.6) is 0 Å². The predicted octanol–water partition coefficient (Wildman–Crippen LogP) is 2.05. The van der Waals surface area contributed by atoms with E-state index in [0.29, 0.717) is 5.56 Å². The summed E-state index contributed by atoms with van der Waals surface area (Å²) < 4.78 is 4.82. The van der Waals surface area contributed by atoms with Gasteiger partial charge in [-0.2, -0.15) is 0 Å². The van der Waals surface area contributed by atoms with Crippen LogP contribution in [0.25, 0.3) is 0 Å². The molecule has 1 aromatic carbocycles. The lowest BCUT2D eigenvalue weighted by molar-refractivity contribution is -0.385. The molecule has 0 saturated heterocycles. The van der Waals surface area contributed by atoms with Gasteiger partial charge in [0.05, 0.1) is 10.5 Å². The average molecular weight is 209 g/mol. The zero-order chi connectivity index (χ0) is 11.3. The molecule has 0 aliphatic rings. The molecule has 0 amide bonds. The van der Waals surface area contributed by atoms with Gasteiger partial charge in [0.1, 0.15) is 6.61 Å². The molecule has 0 unspecified atom stereocenters.